The van der Waals surface area contributed by atoms with E-state index >= 15 is 0 Å². The predicted octanol–water partition coefficient (Wildman–Crippen LogP) is -3.02. The van der Waals surface area contributed by atoms with Crippen LogP contribution in [0.4, 0.5) is 0 Å². The molecule has 0 heterocycles. The number of aliphatic hydroxyl groups excluding tert-OH is 5. The zero-order valence-electron chi connectivity index (χ0n) is 8.76. The third kappa shape index (κ3) is 7.09. The van der Waals surface area contributed by atoms with Gasteiger partial charge in [-0.15, -0.1) is 0 Å². The molecular formula is C8H19GdNO5. The number of nitrogens with zero attached hydrogens (tertiary/aromatic N) is 1. The van der Waals surface area contributed by atoms with Gasteiger partial charge in [0.2, 0.25) is 0 Å². The van der Waals surface area contributed by atoms with Crippen LogP contribution in [0.1, 0.15) is 0 Å². The zero-order chi connectivity index (χ0) is 11.3. The van der Waals surface area contributed by atoms with E-state index in [4.69, 9.17) is 10.2 Å². The quantitative estimate of drug-likeness (QED) is 0.343. The van der Waals surface area contributed by atoms with Crippen molar-refractivity contribution >= 4 is 0 Å². The topological polar surface area (TPSA) is 104 Å². The van der Waals surface area contributed by atoms with Crippen molar-refractivity contribution in [2.24, 2.45) is 0 Å². The molecule has 0 aromatic rings. The summed E-state index contributed by atoms with van der Waals surface area (Å²) in [6.45, 7) is -0.497. The van der Waals surface area contributed by atoms with Crippen LogP contribution in [-0.4, -0.2) is 82.1 Å². The van der Waals surface area contributed by atoms with Gasteiger partial charge >= 0.3 is 0 Å². The first-order valence-electron chi connectivity index (χ1n) is 4.38. The molecule has 0 aliphatic carbocycles. The van der Waals surface area contributed by atoms with Gasteiger partial charge in [0.15, 0.2) is 0 Å². The molecule has 5 N–H and O–H groups in total. The summed E-state index contributed by atoms with van der Waals surface area (Å²) in [7, 11) is 3.40. The molecule has 0 spiro atoms. The van der Waals surface area contributed by atoms with Crippen LogP contribution in [0.5, 0.6) is 0 Å². The van der Waals surface area contributed by atoms with Crippen molar-refractivity contribution < 1.29 is 65.5 Å². The van der Waals surface area contributed by atoms with Gasteiger partial charge in [-0.3, -0.25) is 0 Å². The Hall–Kier alpha value is 1.08. The van der Waals surface area contributed by atoms with Crippen molar-refractivity contribution in [3.8, 4) is 0 Å². The summed E-state index contributed by atoms with van der Waals surface area (Å²) in [5, 5.41) is 45.4. The van der Waals surface area contributed by atoms with E-state index in [1.165, 1.54) is 0 Å². The summed E-state index contributed by atoms with van der Waals surface area (Å²) in [5.41, 5.74) is 0. The Bertz CT molecular complexity index is 160. The van der Waals surface area contributed by atoms with Crippen LogP contribution in [0.3, 0.4) is 0 Å². The van der Waals surface area contributed by atoms with Gasteiger partial charge < -0.3 is 30.4 Å². The van der Waals surface area contributed by atoms with Gasteiger partial charge in [-0.1, -0.05) is 0 Å². The molecule has 0 amide bonds. The van der Waals surface area contributed by atoms with E-state index in [-0.39, 0.29) is 46.5 Å². The predicted molar refractivity (Wildman–Crippen MR) is 49.7 cm³/mol. The van der Waals surface area contributed by atoms with Gasteiger partial charge in [0.1, 0.15) is 18.3 Å². The average molecular weight is 366 g/mol. The van der Waals surface area contributed by atoms with Gasteiger partial charge in [0.05, 0.1) is 12.7 Å². The van der Waals surface area contributed by atoms with E-state index in [0.717, 1.165) is 0 Å². The second kappa shape index (κ2) is 9.15. The first-order valence-corrected chi connectivity index (χ1v) is 4.38. The Morgan fingerprint density at radius 1 is 0.933 bits per heavy atom. The molecule has 6 nitrogen and oxygen atoms in total. The van der Waals surface area contributed by atoms with E-state index in [1.807, 2.05) is 0 Å². The number of rotatable bonds is 6. The van der Waals surface area contributed by atoms with Gasteiger partial charge in [0.25, 0.3) is 0 Å². The van der Waals surface area contributed by atoms with E-state index in [2.05, 4.69) is 0 Å². The number of hydrogen-bond donors (Lipinski definition) is 5. The third-order valence-corrected chi connectivity index (χ3v) is 1.88. The summed E-state index contributed by atoms with van der Waals surface area (Å²) in [4.78, 5) is 1.63. The van der Waals surface area contributed by atoms with Crippen LogP contribution in [0.2, 0.25) is 0 Å². The number of aliphatic hydroxyl groups is 5. The van der Waals surface area contributed by atoms with E-state index < -0.39 is 31.0 Å². The van der Waals surface area contributed by atoms with Crippen LogP contribution >= 0.6 is 0 Å². The molecule has 0 fully saturated rings. The van der Waals surface area contributed by atoms with Crippen molar-refractivity contribution in [1.29, 1.82) is 0 Å². The third-order valence-electron chi connectivity index (χ3n) is 1.88. The maximum atomic E-state index is 9.36. The average Bonchev–Trinajstić information content (AvgIpc) is 2.13. The minimum atomic E-state index is -1.55. The molecule has 15 heavy (non-hydrogen) atoms. The smallest absolute Gasteiger partial charge is 0.111 e. The number of likely N-dealkylation sites (N-methyl/N-ethyl adjacent to an activating group) is 1. The van der Waals surface area contributed by atoms with E-state index in [1.54, 1.807) is 19.0 Å². The Labute approximate surface area is 121 Å². The fourth-order valence-electron chi connectivity index (χ4n) is 1.05. The molecule has 0 bridgehead atoms. The Morgan fingerprint density at radius 2 is 1.33 bits per heavy atom. The Balaban J connectivity index is 0. The molecule has 0 unspecified atom stereocenters. The Kier molecular flexibility index (Phi) is 11.3. The zero-order valence-corrected chi connectivity index (χ0v) is 11.0. The molecule has 94 valence electrons. The maximum absolute atomic E-state index is 9.36. The van der Waals surface area contributed by atoms with Crippen molar-refractivity contribution in [3.63, 3.8) is 0 Å². The van der Waals surface area contributed by atoms with E-state index in [9.17, 15) is 15.3 Å². The fourth-order valence-corrected chi connectivity index (χ4v) is 1.05. The molecular weight excluding hydrogens is 347 g/mol. The second-order valence-electron chi connectivity index (χ2n) is 3.56. The van der Waals surface area contributed by atoms with Crippen LogP contribution in [0.15, 0.2) is 0 Å². The molecule has 0 aliphatic rings. The van der Waals surface area contributed by atoms with Crippen molar-refractivity contribution in [3.05, 3.63) is 0 Å². The fraction of sp³-hybridized carbons (Fsp3) is 1.00. The van der Waals surface area contributed by atoms with Gasteiger partial charge in [-0.2, -0.15) is 0 Å². The molecule has 0 aromatic carbocycles. The van der Waals surface area contributed by atoms with Gasteiger partial charge in [-0.05, 0) is 14.1 Å². The minimum absolute atomic E-state index is 0. The molecule has 0 saturated heterocycles. The molecule has 7 heteroatoms. The second-order valence-corrected chi connectivity index (χ2v) is 3.56. The minimum Gasteiger partial charge on any atom is -0.394 e. The standard InChI is InChI=1S/C8H19NO5.Gd/c1-9(2)3-5(11)7(13)8(14)6(12)4-10;/h5-8,10-14H,3-4H2,1-2H3;/t5-,6+,7+,8+;/m0./s1. The normalized spacial score (nSPS) is 19.2. The van der Waals surface area contributed by atoms with Crippen LogP contribution in [0, 0.1) is 39.9 Å². The largest absolute Gasteiger partial charge is 0.394 e. The van der Waals surface area contributed by atoms with Crippen molar-refractivity contribution in [2.45, 2.75) is 24.4 Å². The first-order chi connectivity index (χ1) is 6.40. The van der Waals surface area contributed by atoms with Gasteiger partial charge in [-0.25, -0.2) is 0 Å². The summed E-state index contributed by atoms with van der Waals surface area (Å²) in [5.74, 6) is 0. The number of hydrogen-bond acceptors (Lipinski definition) is 6. The SMILES string of the molecule is CN(C)C[C@H](O)[C@@H](O)[C@H](O)[C@H](O)CO.[Gd]. The van der Waals surface area contributed by atoms with E-state index in [0.29, 0.717) is 0 Å². The van der Waals surface area contributed by atoms with Crippen molar-refractivity contribution in [1.82, 2.24) is 4.90 Å². The summed E-state index contributed by atoms with van der Waals surface area (Å²) in [6.07, 6.45) is -5.63. The van der Waals surface area contributed by atoms with Crippen LogP contribution < -0.4 is 0 Å². The molecule has 0 rings (SSSR count). The summed E-state index contributed by atoms with van der Waals surface area (Å²) in [6, 6.07) is 0. The van der Waals surface area contributed by atoms with Crippen molar-refractivity contribution in [2.75, 3.05) is 27.2 Å². The Morgan fingerprint density at radius 3 is 1.67 bits per heavy atom. The molecule has 0 radical (unpaired) electrons. The monoisotopic (exact) mass is 367 g/mol. The van der Waals surface area contributed by atoms with Crippen LogP contribution in [-0.2, 0) is 0 Å². The molecule has 0 aromatic heterocycles. The van der Waals surface area contributed by atoms with Gasteiger partial charge in [0, 0.05) is 46.5 Å². The summed E-state index contributed by atoms with van der Waals surface area (Å²) >= 11 is 0. The maximum Gasteiger partial charge on any atom is 0.111 e. The molecule has 0 saturated carbocycles. The molecule has 4 atom stereocenters. The van der Waals surface area contributed by atoms with Crippen LogP contribution in [0.25, 0.3) is 0 Å². The first kappa shape index (κ1) is 18.4. The molecule has 0 aliphatic heterocycles. The summed E-state index contributed by atoms with van der Waals surface area (Å²) < 4.78 is 0.